The van der Waals surface area contributed by atoms with E-state index < -0.39 is 0 Å². The standard InChI is InChI=1S/C19H21N5OS.C2H6/c1-12-11-26-17-15(12)22-19(21-13(2)14-7-3-4-8-20-14)23-16(17)18(25)24-9-5-6-10-24;1-2/h3-4,7-8,11,13H,5-6,9-10H2,1-2H3,(H,21,22,23);1-2H3. The summed E-state index contributed by atoms with van der Waals surface area (Å²) in [7, 11) is 0. The number of amides is 1. The Morgan fingerprint density at radius 2 is 1.96 bits per heavy atom. The molecule has 4 heterocycles. The summed E-state index contributed by atoms with van der Waals surface area (Å²) in [6, 6.07) is 5.75. The molecule has 0 spiro atoms. The third kappa shape index (κ3) is 4.14. The van der Waals surface area contributed by atoms with Gasteiger partial charge >= 0.3 is 0 Å². The van der Waals surface area contributed by atoms with Crippen LogP contribution in [0.2, 0.25) is 0 Å². The van der Waals surface area contributed by atoms with E-state index in [4.69, 9.17) is 0 Å². The number of anilines is 1. The van der Waals surface area contributed by atoms with Crippen LogP contribution in [-0.2, 0) is 0 Å². The van der Waals surface area contributed by atoms with Gasteiger partial charge in [-0.3, -0.25) is 9.78 Å². The van der Waals surface area contributed by atoms with Crippen LogP contribution >= 0.6 is 11.3 Å². The maximum absolute atomic E-state index is 13.0. The van der Waals surface area contributed by atoms with E-state index in [2.05, 4.69) is 20.3 Å². The van der Waals surface area contributed by atoms with Gasteiger partial charge in [0.15, 0.2) is 5.69 Å². The largest absolute Gasteiger partial charge is 0.346 e. The fourth-order valence-corrected chi connectivity index (χ4v) is 4.18. The lowest BCUT2D eigenvalue weighted by molar-refractivity contribution is 0.0789. The van der Waals surface area contributed by atoms with Crippen molar-refractivity contribution in [2.45, 2.75) is 46.6 Å². The topological polar surface area (TPSA) is 71.0 Å². The Bertz CT molecular complexity index is 935. The van der Waals surface area contributed by atoms with Crippen molar-refractivity contribution in [2.75, 3.05) is 18.4 Å². The normalized spacial score (nSPS) is 14.5. The predicted octanol–water partition coefficient (Wildman–Crippen LogP) is 4.83. The first-order chi connectivity index (χ1) is 13.6. The first-order valence-electron chi connectivity index (χ1n) is 9.86. The van der Waals surface area contributed by atoms with Crippen LogP contribution in [0.5, 0.6) is 0 Å². The molecule has 1 atom stereocenters. The summed E-state index contributed by atoms with van der Waals surface area (Å²) in [5.41, 5.74) is 3.33. The fraction of sp³-hybridized carbons (Fsp3) is 0.429. The first kappa shape index (κ1) is 20.2. The number of aromatic nitrogens is 3. The molecular weight excluding hydrogens is 370 g/mol. The minimum absolute atomic E-state index is 0.00490. The molecule has 148 valence electrons. The number of hydrogen-bond donors (Lipinski definition) is 1. The van der Waals surface area contributed by atoms with Gasteiger partial charge < -0.3 is 10.2 Å². The minimum atomic E-state index is -0.0534. The van der Waals surface area contributed by atoms with Crippen molar-refractivity contribution in [3.05, 3.63) is 46.7 Å². The molecule has 1 fully saturated rings. The number of thiophene rings is 1. The number of carbonyl (C=O) groups excluding carboxylic acids is 1. The number of nitrogens with one attached hydrogen (secondary N) is 1. The molecule has 1 unspecified atom stereocenters. The average molecular weight is 398 g/mol. The number of likely N-dealkylation sites (tertiary alicyclic amines) is 1. The summed E-state index contributed by atoms with van der Waals surface area (Å²) >= 11 is 1.54. The Hall–Kier alpha value is -2.54. The highest BCUT2D eigenvalue weighted by Gasteiger charge is 2.25. The molecule has 3 aromatic heterocycles. The lowest BCUT2D eigenvalue weighted by atomic mass is 10.2. The van der Waals surface area contributed by atoms with Crippen LogP contribution in [0.15, 0.2) is 29.8 Å². The number of pyridine rings is 1. The number of hydrogen-bond acceptors (Lipinski definition) is 6. The van der Waals surface area contributed by atoms with E-state index in [-0.39, 0.29) is 11.9 Å². The molecule has 1 aliphatic rings. The molecule has 28 heavy (non-hydrogen) atoms. The Kier molecular flexibility index (Phi) is 6.57. The molecule has 3 aromatic rings. The Morgan fingerprint density at radius 1 is 1.21 bits per heavy atom. The maximum Gasteiger partial charge on any atom is 0.274 e. The number of nitrogens with zero attached hydrogens (tertiary/aromatic N) is 4. The monoisotopic (exact) mass is 397 g/mol. The van der Waals surface area contributed by atoms with Gasteiger partial charge in [-0.05, 0) is 49.8 Å². The molecular formula is C21H27N5OS. The molecule has 7 heteroatoms. The molecule has 1 aliphatic heterocycles. The van der Waals surface area contributed by atoms with Crippen molar-refractivity contribution in [1.82, 2.24) is 19.9 Å². The van der Waals surface area contributed by atoms with Gasteiger partial charge in [0.25, 0.3) is 5.91 Å². The van der Waals surface area contributed by atoms with Crippen LogP contribution in [0.1, 0.15) is 61.4 Å². The molecule has 4 rings (SSSR count). The number of fused-ring (bicyclic) bond motifs is 1. The number of rotatable bonds is 4. The third-order valence-corrected chi connectivity index (χ3v) is 5.76. The first-order valence-corrected chi connectivity index (χ1v) is 10.7. The molecule has 1 amide bonds. The van der Waals surface area contributed by atoms with Gasteiger partial charge in [-0.25, -0.2) is 9.97 Å². The van der Waals surface area contributed by atoms with Gasteiger partial charge in [0, 0.05) is 19.3 Å². The highest BCUT2D eigenvalue weighted by atomic mass is 32.1. The van der Waals surface area contributed by atoms with E-state index >= 15 is 0 Å². The van der Waals surface area contributed by atoms with Crippen molar-refractivity contribution >= 4 is 33.4 Å². The Morgan fingerprint density at radius 3 is 2.64 bits per heavy atom. The smallest absolute Gasteiger partial charge is 0.274 e. The minimum Gasteiger partial charge on any atom is -0.346 e. The lowest BCUT2D eigenvalue weighted by Crippen LogP contribution is -2.29. The highest BCUT2D eigenvalue weighted by molar-refractivity contribution is 7.17. The number of carbonyl (C=O) groups is 1. The van der Waals surface area contributed by atoms with E-state index in [9.17, 15) is 4.79 Å². The second-order valence-electron chi connectivity index (χ2n) is 6.61. The summed E-state index contributed by atoms with van der Waals surface area (Å²) in [6.07, 6.45) is 3.89. The lowest BCUT2D eigenvalue weighted by Gasteiger charge is -2.17. The zero-order valence-corrected chi connectivity index (χ0v) is 17.7. The van der Waals surface area contributed by atoms with Gasteiger partial charge in [-0.1, -0.05) is 19.9 Å². The third-order valence-electron chi connectivity index (χ3n) is 4.67. The molecule has 1 N–H and O–H groups in total. The van der Waals surface area contributed by atoms with Crippen LogP contribution in [0.25, 0.3) is 10.2 Å². The van der Waals surface area contributed by atoms with E-state index in [1.54, 1.807) is 6.20 Å². The van der Waals surface area contributed by atoms with Crippen molar-refractivity contribution < 1.29 is 4.79 Å². The molecule has 0 aliphatic carbocycles. The molecule has 1 saturated heterocycles. The highest BCUT2D eigenvalue weighted by Crippen LogP contribution is 2.29. The van der Waals surface area contributed by atoms with Crippen LogP contribution in [0, 0.1) is 6.92 Å². The Balaban J connectivity index is 0.00000109. The van der Waals surface area contributed by atoms with Gasteiger partial charge in [0.1, 0.15) is 0 Å². The fourth-order valence-electron chi connectivity index (χ4n) is 3.21. The van der Waals surface area contributed by atoms with Crippen LogP contribution in [0.4, 0.5) is 5.95 Å². The summed E-state index contributed by atoms with van der Waals surface area (Å²) in [5, 5.41) is 5.34. The Labute approximate surface area is 170 Å². The second kappa shape index (κ2) is 9.10. The molecule has 0 bridgehead atoms. The quantitative estimate of drug-likeness (QED) is 0.683. The van der Waals surface area contributed by atoms with Gasteiger partial charge in [0.2, 0.25) is 5.95 Å². The average Bonchev–Trinajstić information content (AvgIpc) is 3.40. The van der Waals surface area contributed by atoms with E-state index in [1.165, 1.54) is 11.3 Å². The van der Waals surface area contributed by atoms with Crippen LogP contribution in [0.3, 0.4) is 0 Å². The summed E-state index contributed by atoms with van der Waals surface area (Å²) in [4.78, 5) is 28.5. The van der Waals surface area contributed by atoms with E-state index in [0.717, 1.165) is 47.4 Å². The number of aryl methyl sites for hydroxylation is 1. The van der Waals surface area contributed by atoms with Crippen molar-refractivity contribution in [1.29, 1.82) is 0 Å². The summed E-state index contributed by atoms with van der Waals surface area (Å²) in [5.74, 6) is 0.477. The van der Waals surface area contributed by atoms with Gasteiger partial charge in [-0.2, -0.15) is 0 Å². The van der Waals surface area contributed by atoms with Crippen molar-refractivity contribution in [2.24, 2.45) is 0 Å². The second-order valence-corrected chi connectivity index (χ2v) is 7.49. The maximum atomic E-state index is 13.0. The van der Waals surface area contributed by atoms with Gasteiger partial charge in [0.05, 0.1) is 22.0 Å². The predicted molar refractivity (Wildman–Crippen MR) is 115 cm³/mol. The summed E-state index contributed by atoms with van der Waals surface area (Å²) in [6.45, 7) is 9.64. The van der Waals surface area contributed by atoms with E-state index in [0.29, 0.717) is 11.6 Å². The zero-order chi connectivity index (χ0) is 20.1. The van der Waals surface area contributed by atoms with Crippen molar-refractivity contribution in [3.63, 3.8) is 0 Å². The summed E-state index contributed by atoms with van der Waals surface area (Å²) < 4.78 is 0.871. The SMILES string of the molecule is CC.Cc1csc2c(C(=O)N3CCCC3)nc(NC(C)c3ccccn3)nc12. The molecule has 0 radical (unpaired) electrons. The van der Waals surface area contributed by atoms with Crippen molar-refractivity contribution in [3.8, 4) is 0 Å². The van der Waals surface area contributed by atoms with Crippen LogP contribution < -0.4 is 5.32 Å². The molecule has 0 saturated carbocycles. The van der Waals surface area contributed by atoms with Gasteiger partial charge in [-0.15, -0.1) is 11.3 Å². The molecule has 6 nitrogen and oxygen atoms in total. The van der Waals surface area contributed by atoms with E-state index in [1.807, 2.05) is 56.2 Å². The molecule has 0 aromatic carbocycles. The van der Waals surface area contributed by atoms with Crippen LogP contribution in [-0.4, -0.2) is 38.8 Å². The zero-order valence-electron chi connectivity index (χ0n) is 16.9.